The summed E-state index contributed by atoms with van der Waals surface area (Å²) in [6.45, 7) is 0. The highest BCUT2D eigenvalue weighted by molar-refractivity contribution is 6.32. The number of fused-ring (bicyclic) bond motifs is 3. The van der Waals surface area contributed by atoms with Gasteiger partial charge in [-0.3, -0.25) is 33.7 Å². The largest absolute Gasteiger partial charge is 0.505 e. The summed E-state index contributed by atoms with van der Waals surface area (Å²) < 4.78 is 54.7. The number of amides is 2. The van der Waals surface area contributed by atoms with Crippen LogP contribution in [0.25, 0.3) is 0 Å². The Morgan fingerprint density at radius 3 is 2.34 bits per heavy atom. The van der Waals surface area contributed by atoms with Gasteiger partial charge in [0.2, 0.25) is 5.91 Å². The number of benzene rings is 2. The second-order valence-corrected chi connectivity index (χ2v) is 11.4. The van der Waals surface area contributed by atoms with Crippen LogP contribution in [0.3, 0.4) is 0 Å². The molecule has 3 aliphatic rings. The summed E-state index contributed by atoms with van der Waals surface area (Å²) in [5, 5.41) is 24.6. The predicted molar refractivity (Wildman–Crippen MR) is 141 cm³/mol. The maximum Gasteiger partial charge on any atom is 0.416 e. The number of aromatic hydroxyl groups is 1. The van der Waals surface area contributed by atoms with Crippen LogP contribution in [0.5, 0.6) is 5.75 Å². The molecule has 5 rings (SSSR count). The lowest BCUT2D eigenvalue weighted by Crippen LogP contribution is -2.74. The smallest absolute Gasteiger partial charge is 0.416 e. The fourth-order valence-electron chi connectivity index (χ4n) is 6.75. The molecule has 5 N–H and O–H groups in total. The average Bonchev–Trinajstić information content (AvgIpc) is 2.92. The Labute approximate surface area is 246 Å². The zero-order chi connectivity index (χ0) is 32.6. The Morgan fingerprint density at radius 1 is 1.09 bits per heavy atom. The molecule has 232 valence electrons. The number of aliphatic hydroxyl groups is 1. The molecule has 0 aromatic heterocycles. The number of likely N-dealkylation sites (N-methyl/N-ethyl adjacent to an activating group) is 1. The number of rotatable bonds is 4. The lowest BCUT2D eigenvalue weighted by atomic mass is 9.52. The molecule has 0 radical (unpaired) electrons. The van der Waals surface area contributed by atoms with Crippen LogP contribution in [0, 0.1) is 29.5 Å². The Hall–Kier alpha value is -4.50. The van der Waals surface area contributed by atoms with Gasteiger partial charge in [-0.2, -0.15) is 13.2 Å². The van der Waals surface area contributed by atoms with Gasteiger partial charge in [0.05, 0.1) is 28.8 Å². The van der Waals surface area contributed by atoms with E-state index < -0.39 is 110 Å². The molecule has 2 fully saturated rings. The Balaban J connectivity index is 1.54. The first kappa shape index (κ1) is 30.9. The number of anilines is 1. The maximum atomic E-state index is 15.4. The summed E-state index contributed by atoms with van der Waals surface area (Å²) in [6, 6.07) is 2.59. The predicted octanol–water partition coefficient (Wildman–Crippen LogP) is 1.28. The molecule has 0 spiro atoms. The first-order chi connectivity index (χ1) is 20.4. The van der Waals surface area contributed by atoms with Gasteiger partial charge in [0, 0.05) is 23.1 Å². The summed E-state index contributed by atoms with van der Waals surface area (Å²) in [5.74, 6) is -16.0. The van der Waals surface area contributed by atoms with Gasteiger partial charge in [0.1, 0.15) is 11.6 Å². The number of carbonyl (C=O) groups excluding carboxylic acids is 6. The fourth-order valence-corrected chi connectivity index (χ4v) is 6.75. The molecule has 0 saturated heterocycles. The lowest BCUT2D eigenvalue weighted by molar-refractivity contribution is -0.181. The molecule has 0 bridgehead atoms. The van der Waals surface area contributed by atoms with E-state index in [1.54, 1.807) is 0 Å². The SMILES string of the molecule is CN(C)[C@@H]1C(=O)C(C(N)=O)C(=O)[C@@]2(O)C(=O)C3C(=O)c4c(O)c(NC(=O)c5cccc(C(F)(F)F)c5)cc(F)c4C[C@H]3C[C@@H]12. The van der Waals surface area contributed by atoms with Gasteiger partial charge in [-0.05, 0) is 51.1 Å². The highest BCUT2D eigenvalue weighted by Gasteiger charge is 2.69. The van der Waals surface area contributed by atoms with E-state index in [4.69, 9.17) is 5.73 Å². The summed E-state index contributed by atoms with van der Waals surface area (Å²) in [4.78, 5) is 80.1. The van der Waals surface area contributed by atoms with Crippen molar-refractivity contribution >= 4 is 40.6 Å². The zero-order valence-electron chi connectivity index (χ0n) is 23.1. The maximum absolute atomic E-state index is 15.4. The van der Waals surface area contributed by atoms with Gasteiger partial charge in [-0.15, -0.1) is 0 Å². The number of primary amides is 1. The van der Waals surface area contributed by atoms with E-state index in [-0.39, 0.29) is 18.4 Å². The number of carbonyl (C=O) groups is 6. The van der Waals surface area contributed by atoms with Crippen molar-refractivity contribution in [2.45, 2.75) is 30.7 Å². The molecule has 2 aromatic rings. The molecule has 0 aliphatic heterocycles. The fraction of sp³-hybridized carbons (Fsp3) is 0.379. The van der Waals surface area contributed by atoms with Crippen LogP contribution in [0.15, 0.2) is 30.3 Å². The number of nitrogens with zero attached hydrogens (tertiary/aromatic N) is 1. The summed E-state index contributed by atoms with van der Waals surface area (Å²) in [5.41, 5.74) is -1.11. The van der Waals surface area contributed by atoms with Gasteiger partial charge in [-0.25, -0.2) is 4.39 Å². The number of halogens is 4. The van der Waals surface area contributed by atoms with Crippen molar-refractivity contribution < 1.29 is 56.5 Å². The Morgan fingerprint density at radius 2 is 1.75 bits per heavy atom. The van der Waals surface area contributed by atoms with E-state index in [0.29, 0.717) is 12.1 Å². The normalized spacial score (nSPS) is 28.3. The molecule has 0 heterocycles. The highest BCUT2D eigenvalue weighted by atomic mass is 19.4. The molecule has 6 atom stereocenters. The zero-order valence-corrected chi connectivity index (χ0v) is 23.1. The van der Waals surface area contributed by atoms with Gasteiger partial charge in [0.15, 0.2) is 34.7 Å². The standard InChI is InChI=1S/C29H25F4N3O8/c1-36(2)20-14-8-11-7-13-15(30)9-16(35-27(43)10-4-3-5-12(6-10)29(31,32)33)21(37)18(13)22(38)17(11)24(40)28(14,44)25(41)19(23(20)39)26(34)42/h3-6,9,11,14,17,19-20,37,44H,7-8H2,1-2H3,(H2,34,42)(H,35,43)/t11-,14-,17?,19?,20-,28-/m0/s1. The molecule has 2 saturated carbocycles. The molecule has 3 aliphatic carbocycles. The number of alkyl halides is 3. The third-order valence-corrected chi connectivity index (χ3v) is 8.71. The Kier molecular flexibility index (Phi) is 7.24. The summed E-state index contributed by atoms with van der Waals surface area (Å²) in [7, 11) is 2.84. The van der Waals surface area contributed by atoms with E-state index in [1.165, 1.54) is 19.0 Å². The van der Waals surface area contributed by atoms with E-state index >= 15 is 4.39 Å². The number of hydrogen-bond acceptors (Lipinski definition) is 9. The minimum atomic E-state index is -4.77. The van der Waals surface area contributed by atoms with Crippen molar-refractivity contribution in [3.8, 4) is 5.75 Å². The van der Waals surface area contributed by atoms with E-state index in [2.05, 4.69) is 5.32 Å². The van der Waals surface area contributed by atoms with Gasteiger partial charge in [-0.1, -0.05) is 6.07 Å². The lowest BCUT2D eigenvalue weighted by Gasteiger charge is -2.52. The Bertz CT molecular complexity index is 1670. The number of phenolic OH excluding ortho intramolecular Hbond substituents is 1. The minimum Gasteiger partial charge on any atom is -0.505 e. The second kappa shape index (κ2) is 10.3. The van der Waals surface area contributed by atoms with Crippen LogP contribution in [-0.2, 0) is 31.8 Å². The van der Waals surface area contributed by atoms with Gasteiger partial charge >= 0.3 is 6.18 Å². The molecular formula is C29H25F4N3O8. The molecule has 2 amide bonds. The van der Waals surface area contributed by atoms with Crippen molar-refractivity contribution in [3.05, 3.63) is 58.4 Å². The van der Waals surface area contributed by atoms with Gasteiger partial charge < -0.3 is 21.3 Å². The second-order valence-electron chi connectivity index (χ2n) is 11.4. The van der Waals surface area contributed by atoms with Crippen LogP contribution in [0.4, 0.5) is 23.2 Å². The van der Waals surface area contributed by atoms with Gasteiger partial charge in [0.25, 0.3) is 5.91 Å². The number of nitrogens with one attached hydrogen (secondary N) is 1. The first-order valence-corrected chi connectivity index (χ1v) is 13.3. The average molecular weight is 620 g/mol. The van der Waals surface area contributed by atoms with Crippen molar-refractivity contribution in [2.75, 3.05) is 19.4 Å². The third kappa shape index (κ3) is 4.49. The molecule has 2 unspecified atom stereocenters. The summed E-state index contributed by atoms with van der Waals surface area (Å²) in [6.07, 6.45) is -5.42. The van der Waals surface area contributed by atoms with Crippen molar-refractivity contribution in [1.29, 1.82) is 0 Å². The monoisotopic (exact) mass is 619 g/mol. The van der Waals surface area contributed by atoms with E-state index in [9.17, 15) is 52.2 Å². The highest BCUT2D eigenvalue weighted by Crippen LogP contribution is 2.51. The van der Waals surface area contributed by atoms with Crippen LogP contribution in [0.2, 0.25) is 0 Å². The summed E-state index contributed by atoms with van der Waals surface area (Å²) >= 11 is 0. The van der Waals surface area contributed by atoms with Crippen molar-refractivity contribution in [2.24, 2.45) is 29.4 Å². The van der Waals surface area contributed by atoms with E-state index in [1.807, 2.05) is 0 Å². The molecular weight excluding hydrogens is 594 g/mol. The number of nitrogens with two attached hydrogens (primary N) is 1. The molecule has 11 nitrogen and oxygen atoms in total. The van der Waals surface area contributed by atoms with Crippen LogP contribution in [-0.4, -0.2) is 75.8 Å². The van der Waals surface area contributed by atoms with Crippen molar-refractivity contribution in [3.63, 3.8) is 0 Å². The van der Waals surface area contributed by atoms with Crippen LogP contribution >= 0.6 is 0 Å². The third-order valence-electron chi connectivity index (χ3n) is 8.71. The molecule has 44 heavy (non-hydrogen) atoms. The molecule has 2 aromatic carbocycles. The quantitative estimate of drug-likeness (QED) is 0.222. The number of hydrogen-bond donors (Lipinski definition) is 4. The van der Waals surface area contributed by atoms with Crippen molar-refractivity contribution in [1.82, 2.24) is 4.90 Å². The molecule has 15 heteroatoms. The topological polar surface area (TPSA) is 184 Å². The number of Topliss-reactive ketones (excluding diaryl/α,β-unsaturated/α-hetero) is 4. The number of phenols is 1. The minimum absolute atomic E-state index is 0.294. The van der Waals surface area contributed by atoms with Crippen LogP contribution in [0.1, 0.15) is 38.3 Å². The van der Waals surface area contributed by atoms with E-state index in [0.717, 1.165) is 18.2 Å². The number of ketones is 4. The van der Waals surface area contributed by atoms with Crippen LogP contribution < -0.4 is 11.1 Å². The first-order valence-electron chi connectivity index (χ1n) is 13.3.